The third-order valence-corrected chi connectivity index (χ3v) is 4.38. The zero-order valence-corrected chi connectivity index (χ0v) is 14.6. The highest BCUT2D eigenvalue weighted by atomic mass is 16.3. The minimum Gasteiger partial charge on any atom is -0.464 e. The van der Waals surface area contributed by atoms with Crippen molar-refractivity contribution in [2.24, 2.45) is 0 Å². The molecule has 2 aromatic rings. The van der Waals surface area contributed by atoms with Gasteiger partial charge in [0.1, 0.15) is 11.5 Å². The van der Waals surface area contributed by atoms with Crippen LogP contribution in [0.15, 0.2) is 40.8 Å². The molecule has 0 unspecified atom stereocenters. The van der Waals surface area contributed by atoms with Crippen molar-refractivity contribution in [1.82, 2.24) is 15.1 Å². The van der Waals surface area contributed by atoms with Gasteiger partial charge in [-0.05, 0) is 37.1 Å². The van der Waals surface area contributed by atoms with Crippen molar-refractivity contribution in [2.75, 3.05) is 26.7 Å². The van der Waals surface area contributed by atoms with E-state index in [-0.39, 0.29) is 11.9 Å². The molecule has 1 aromatic heterocycles. The van der Waals surface area contributed by atoms with E-state index >= 15 is 0 Å². The first-order valence-electron chi connectivity index (χ1n) is 8.46. The van der Waals surface area contributed by atoms with Gasteiger partial charge in [0.25, 0.3) is 5.91 Å². The summed E-state index contributed by atoms with van der Waals surface area (Å²) in [6.45, 7) is 3.90. The molecular formula is C19H23N3O3. The average molecular weight is 341 g/mol. The molecule has 0 atom stereocenters. The predicted octanol–water partition coefficient (Wildman–Crippen LogP) is 2.43. The van der Waals surface area contributed by atoms with Crippen LogP contribution < -0.4 is 5.32 Å². The Hall–Kier alpha value is -2.76. The van der Waals surface area contributed by atoms with Gasteiger partial charge in [0.15, 0.2) is 0 Å². The smallest absolute Gasteiger partial charge is 0.317 e. The van der Waals surface area contributed by atoms with Gasteiger partial charge in [0.05, 0.1) is 6.54 Å². The largest absolute Gasteiger partial charge is 0.464 e. The fourth-order valence-electron chi connectivity index (χ4n) is 3.00. The summed E-state index contributed by atoms with van der Waals surface area (Å²) in [4.78, 5) is 28.0. The second kappa shape index (κ2) is 7.42. The van der Waals surface area contributed by atoms with Crippen LogP contribution in [0.25, 0.3) is 0 Å². The third-order valence-electron chi connectivity index (χ3n) is 4.38. The molecule has 6 heteroatoms. The van der Waals surface area contributed by atoms with Gasteiger partial charge in [-0.2, -0.15) is 0 Å². The van der Waals surface area contributed by atoms with E-state index in [0.717, 1.165) is 29.1 Å². The minimum atomic E-state index is -0.182. The first-order valence-corrected chi connectivity index (χ1v) is 8.46. The number of rotatable bonds is 5. The molecule has 3 amide bonds. The van der Waals surface area contributed by atoms with E-state index in [4.69, 9.17) is 4.42 Å². The highest BCUT2D eigenvalue weighted by molar-refractivity contribution is 5.96. The standard InChI is InChI=1S/C19H23N3O3/c1-14-7-8-16(25-14)13-21(2)19(24)20-10-12-22-11-9-15-5-3-4-6-17(15)18(22)23/h3-8H,9-13H2,1-2H3,(H,20,24). The van der Waals surface area contributed by atoms with Gasteiger partial charge in [-0.15, -0.1) is 0 Å². The van der Waals surface area contributed by atoms with Crippen molar-refractivity contribution in [3.05, 3.63) is 59.0 Å². The van der Waals surface area contributed by atoms with E-state index in [2.05, 4.69) is 5.32 Å². The molecule has 3 rings (SSSR count). The molecule has 1 aliphatic rings. The zero-order valence-electron chi connectivity index (χ0n) is 14.6. The summed E-state index contributed by atoms with van der Waals surface area (Å²) in [5.74, 6) is 1.61. The van der Waals surface area contributed by atoms with E-state index in [1.165, 1.54) is 0 Å². The van der Waals surface area contributed by atoms with Crippen LogP contribution in [0.5, 0.6) is 0 Å². The van der Waals surface area contributed by atoms with E-state index in [0.29, 0.717) is 26.2 Å². The Morgan fingerprint density at radius 2 is 2.08 bits per heavy atom. The number of furan rings is 1. The lowest BCUT2D eigenvalue weighted by molar-refractivity contribution is 0.0741. The molecule has 6 nitrogen and oxygen atoms in total. The van der Waals surface area contributed by atoms with Gasteiger partial charge in [-0.25, -0.2) is 4.79 Å². The number of carbonyl (C=O) groups is 2. The summed E-state index contributed by atoms with van der Waals surface area (Å²) in [6, 6.07) is 11.3. The van der Waals surface area contributed by atoms with E-state index in [9.17, 15) is 9.59 Å². The van der Waals surface area contributed by atoms with Crippen molar-refractivity contribution >= 4 is 11.9 Å². The molecule has 1 N–H and O–H groups in total. The summed E-state index contributed by atoms with van der Waals surface area (Å²) >= 11 is 0. The first kappa shape index (κ1) is 17.1. The van der Waals surface area contributed by atoms with E-state index in [1.54, 1.807) is 16.8 Å². The second-order valence-corrected chi connectivity index (χ2v) is 6.30. The monoisotopic (exact) mass is 341 g/mol. The summed E-state index contributed by atoms with van der Waals surface area (Å²) in [5.41, 5.74) is 1.87. The first-order chi connectivity index (χ1) is 12.0. The lowest BCUT2D eigenvalue weighted by atomic mass is 9.99. The van der Waals surface area contributed by atoms with Gasteiger partial charge in [-0.3, -0.25) is 4.79 Å². The van der Waals surface area contributed by atoms with Crippen LogP contribution in [0.3, 0.4) is 0 Å². The van der Waals surface area contributed by atoms with Gasteiger partial charge in [0.2, 0.25) is 0 Å². The molecule has 0 radical (unpaired) electrons. The molecule has 2 heterocycles. The third kappa shape index (κ3) is 4.02. The molecule has 0 spiro atoms. The molecule has 0 aliphatic carbocycles. The SMILES string of the molecule is Cc1ccc(CN(C)C(=O)NCCN2CCc3ccccc3C2=O)o1. The number of aryl methyl sites for hydroxylation is 1. The zero-order chi connectivity index (χ0) is 17.8. The number of benzene rings is 1. The Labute approximate surface area is 147 Å². The lowest BCUT2D eigenvalue weighted by Crippen LogP contribution is -2.44. The Bertz CT molecular complexity index is 769. The molecule has 1 aromatic carbocycles. The van der Waals surface area contributed by atoms with Gasteiger partial charge < -0.3 is 19.5 Å². The van der Waals surface area contributed by atoms with Gasteiger partial charge in [0, 0.05) is 32.2 Å². The van der Waals surface area contributed by atoms with Crippen LogP contribution in [0.2, 0.25) is 0 Å². The van der Waals surface area contributed by atoms with Crippen molar-refractivity contribution < 1.29 is 14.0 Å². The van der Waals surface area contributed by atoms with Gasteiger partial charge in [-0.1, -0.05) is 18.2 Å². The number of hydrogen-bond acceptors (Lipinski definition) is 3. The number of carbonyl (C=O) groups excluding carboxylic acids is 2. The van der Waals surface area contributed by atoms with E-state index in [1.807, 2.05) is 43.3 Å². The number of nitrogens with zero attached hydrogens (tertiary/aromatic N) is 2. The van der Waals surface area contributed by atoms with Crippen molar-refractivity contribution in [3.63, 3.8) is 0 Å². The summed E-state index contributed by atoms with van der Waals surface area (Å²) in [7, 11) is 1.72. The number of urea groups is 1. The fourth-order valence-corrected chi connectivity index (χ4v) is 3.00. The van der Waals surface area contributed by atoms with Crippen LogP contribution >= 0.6 is 0 Å². The van der Waals surface area contributed by atoms with Crippen LogP contribution in [0.4, 0.5) is 4.79 Å². The van der Waals surface area contributed by atoms with E-state index < -0.39 is 0 Å². The number of hydrogen-bond donors (Lipinski definition) is 1. The minimum absolute atomic E-state index is 0.0375. The predicted molar refractivity (Wildman–Crippen MR) is 94.4 cm³/mol. The van der Waals surface area contributed by atoms with Crippen molar-refractivity contribution in [3.8, 4) is 0 Å². The Morgan fingerprint density at radius 3 is 2.84 bits per heavy atom. The molecule has 0 saturated carbocycles. The second-order valence-electron chi connectivity index (χ2n) is 6.30. The number of amides is 3. The molecular weight excluding hydrogens is 318 g/mol. The molecule has 0 bridgehead atoms. The molecule has 1 aliphatic heterocycles. The normalized spacial score (nSPS) is 13.5. The average Bonchev–Trinajstić information content (AvgIpc) is 3.01. The maximum absolute atomic E-state index is 12.5. The highest BCUT2D eigenvalue weighted by Crippen LogP contribution is 2.18. The quantitative estimate of drug-likeness (QED) is 0.908. The summed E-state index contributed by atoms with van der Waals surface area (Å²) < 4.78 is 5.48. The van der Waals surface area contributed by atoms with Crippen LogP contribution in [0.1, 0.15) is 27.4 Å². The number of nitrogens with one attached hydrogen (secondary N) is 1. The van der Waals surface area contributed by atoms with Crippen LogP contribution in [-0.2, 0) is 13.0 Å². The molecule has 132 valence electrons. The fraction of sp³-hybridized carbons (Fsp3) is 0.368. The molecule has 25 heavy (non-hydrogen) atoms. The maximum atomic E-state index is 12.5. The van der Waals surface area contributed by atoms with Crippen molar-refractivity contribution in [2.45, 2.75) is 19.9 Å². The summed E-state index contributed by atoms with van der Waals surface area (Å²) in [5, 5.41) is 2.85. The van der Waals surface area contributed by atoms with Crippen LogP contribution in [0, 0.1) is 6.92 Å². The number of fused-ring (bicyclic) bond motifs is 1. The molecule has 0 fully saturated rings. The Kier molecular flexibility index (Phi) is 5.07. The van der Waals surface area contributed by atoms with Gasteiger partial charge >= 0.3 is 6.03 Å². The highest BCUT2D eigenvalue weighted by Gasteiger charge is 2.23. The topological polar surface area (TPSA) is 65.8 Å². The summed E-state index contributed by atoms with van der Waals surface area (Å²) in [6.07, 6.45) is 0.855. The Morgan fingerprint density at radius 1 is 1.28 bits per heavy atom. The maximum Gasteiger partial charge on any atom is 0.317 e. The molecule has 0 saturated heterocycles. The van der Waals surface area contributed by atoms with Crippen molar-refractivity contribution in [1.29, 1.82) is 0 Å². The van der Waals surface area contributed by atoms with Crippen LogP contribution in [-0.4, -0.2) is 48.4 Å². The Balaban J connectivity index is 1.46. The lowest BCUT2D eigenvalue weighted by Gasteiger charge is -2.28.